The molecule has 4 N–H and O–H groups in total. The van der Waals surface area contributed by atoms with Crippen molar-refractivity contribution in [3.8, 4) is 0 Å². The Labute approximate surface area is 204 Å². The number of rotatable bonds is 10. The summed E-state index contributed by atoms with van der Waals surface area (Å²) < 4.78 is 0. The monoisotopic (exact) mass is 470 g/mol. The number of nitrogens with zero attached hydrogens (tertiary/aromatic N) is 2. The van der Waals surface area contributed by atoms with Gasteiger partial charge < -0.3 is 21.1 Å². The van der Waals surface area contributed by atoms with Crippen molar-refractivity contribution in [2.45, 2.75) is 81.8 Å². The Hall–Kier alpha value is -1.96. The lowest BCUT2D eigenvalue weighted by atomic mass is 9.84. The molecule has 188 valence electrons. The molecule has 2 aliphatic heterocycles. The summed E-state index contributed by atoms with van der Waals surface area (Å²) in [6.45, 7) is 2.26. The van der Waals surface area contributed by atoms with Gasteiger partial charge in [-0.2, -0.15) is 0 Å². The lowest BCUT2D eigenvalue weighted by Crippen LogP contribution is -2.52. The fourth-order valence-electron chi connectivity index (χ4n) is 6.58. The number of likely N-dealkylation sites (N-methyl/N-ethyl adjacent to an activating group) is 1. The molecular formula is C27H42N4O3. The summed E-state index contributed by atoms with van der Waals surface area (Å²) in [5.74, 6) is 0.693. The highest BCUT2D eigenvalue weighted by Crippen LogP contribution is 2.43. The van der Waals surface area contributed by atoms with Crippen molar-refractivity contribution < 1.29 is 14.7 Å². The molecular weight excluding hydrogens is 428 g/mol. The van der Waals surface area contributed by atoms with Crippen molar-refractivity contribution in [1.29, 1.82) is 0 Å². The zero-order valence-corrected chi connectivity index (χ0v) is 20.6. The highest BCUT2D eigenvalue weighted by atomic mass is 16.3. The van der Waals surface area contributed by atoms with E-state index in [0.29, 0.717) is 29.5 Å². The van der Waals surface area contributed by atoms with Crippen molar-refractivity contribution in [2.24, 2.45) is 11.7 Å². The van der Waals surface area contributed by atoms with E-state index in [1.54, 1.807) is 13.1 Å². The van der Waals surface area contributed by atoms with E-state index in [2.05, 4.69) is 16.3 Å². The van der Waals surface area contributed by atoms with Crippen LogP contribution in [0.3, 0.4) is 0 Å². The number of hydrogen-bond acceptors (Lipinski definition) is 5. The Bertz CT molecular complexity index is 823. The van der Waals surface area contributed by atoms with Crippen molar-refractivity contribution in [3.63, 3.8) is 0 Å². The third-order valence-electron chi connectivity index (χ3n) is 8.50. The van der Waals surface area contributed by atoms with Gasteiger partial charge >= 0.3 is 0 Å². The van der Waals surface area contributed by atoms with Crippen LogP contribution < -0.4 is 11.1 Å². The molecule has 0 radical (unpaired) electrons. The van der Waals surface area contributed by atoms with Gasteiger partial charge in [-0.1, -0.05) is 31.4 Å². The molecule has 2 saturated heterocycles. The molecule has 3 fully saturated rings. The van der Waals surface area contributed by atoms with E-state index in [1.807, 2.05) is 17.0 Å². The summed E-state index contributed by atoms with van der Waals surface area (Å²) in [5.41, 5.74) is 7.32. The Balaban J connectivity index is 1.39. The fourth-order valence-corrected chi connectivity index (χ4v) is 6.58. The van der Waals surface area contributed by atoms with Crippen LogP contribution in [-0.4, -0.2) is 78.1 Å². The maximum absolute atomic E-state index is 13.2. The van der Waals surface area contributed by atoms with E-state index in [9.17, 15) is 14.7 Å². The zero-order chi connectivity index (χ0) is 24.1. The first-order chi connectivity index (χ1) is 16.5. The standard InChI is InChI=1S/C27H42N4O3/c1-29-25(18-32)27(34)30(17-19-6-3-2-4-7-19)12-13-31-23-10-11-24(31)16-22(15-23)20-8-5-9-21(14-20)26(28)33/h5,8-9,14,19,22-25,29,32H,2-4,6-7,10-13,15-18H2,1H3,(H2,28,33)/t22?,23-,24+,25-/m0/s1. The van der Waals surface area contributed by atoms with E-state index >= 15 is 0 Å². The van der Waals surface area contributed by atoms with Crippen molar-refractivity contribution >= 4 is 11.8 Å². The van der Waals surface area contributed by atoms with Gasteiger partial charge in [0.15, 0.2) is 0 Å². The predicted octanol–water partition coefficient (Wildman–Crippen LogP) is 2.49. The van der Waals surface area contributed by atoms with Gasteiger partial charge in [-0.05, 0) is 75.1 Å². The summed E-state index contributed by atoms with van der Waals surface area (Å²) in [5, 5.41) is 12.7. The summed E-state index contributed by atoms with van der Waals surface area (Å²) in [4.78, 5) is 29.5. The number of piperidine rings is 1. The van der Waals surface area contributed by atoms with Crippen LogP contribution in [0.5, 0.6) is 0 Å². The first kappa shape index (κ1) is 25.1. The number of nitrogens with one attached hydrogen (secondary N) is 1. The molecule has 1 saturated carbocycles. The topological polar surface area (TPSA) is 98.9 Å². The Morgan fingerprint density at radius 1 is 1.15 bits per heavy atom. The summed E-state index contributed by atoms with van der Waals surface area (Å²) in [6.07, 6.45) is 10.8. The second-order valence-electron chi connectivity index (χ2n) is 10.6. The second-order valence-corrected chi connectivity index (χ2v) is 10.6. The number of carbonyl (C=O) groups is 2. The molecule has 1 unspecified atom stereocenters. The molecule has 3 aliphatic rings. The van der Waals surface area contributed by atoms with E-state index in [0.717, 1.165) is 32.5 Å². The van der Waals surface area contributed by atoms with Gasteiger partial charge in [0.1, 0.15) is 6.04 Å². The van der Waals surface area contributed by atoms with E-state index in [1.165, 1.54) is 50.5 Å². The van der Waals surface area contributed by atoms with Crippen LogP contribution in [0.2, 0.25) is 0 Å². The fraction of sp³-hybridized carbons (Fsp3) is 0.704. The summed E-state index contributed by atoms with van der Waals surface area (Å²) >= 11 is 0. The largest absolute Gasteiger partial charge is 0.394 e. The van der Waals surface area contributed by atoms with E-state index in [-0.39, 0.29) is 18.4 Å². The Kier molecular flexibility index (Phi) is 8.61. The highest BCUT2D eigenvalue weighted by Gasteiger charge is 2.41. The molecule has 1 aromatic rings. The molecule has 7 nitrogen and oxygen atoms in total. The molecule has 2 bridgehead atoms. The van der Waals surface area contributed by atoms with Crippen LogP contribution in [-0.2, 0) is 4.79 Å². The normalized spacial score (nSPS) is 26.4. The number of nitrogens with two attached hydrogens (primary N) is 1. The van der Waals surface area contributed by atoms with Crippen LogP contribution >= 0.6 is 0 Å². The molecule has 7 heteroatoms. The molecule has 34 heavy (non-hydrogen) atoms. The summed E-state index contributed by atoms with van der Waals surface area (Å²) in [6, 6.07) is 8.35. The zero-order valence-electron chi connectivity index (χ0n) is 20.6. The minimum atomic E-state index is -0.524. The third-order valence-corrected chi connectivity index (χ3v) is 8.50. The average Bonchev–Trinajstić information content (AvgIpc) is 3.09. The summed E-state index contributed by atoms with van der Waals surface area (Å²) in [7, 11) is 1.75. The number of primary amides is 1. The highest BCUT2D eigenvalue weighted by molar-refractivity contribution is 5.92. The first-order valence-electron chi connectivity index (χ1n) is 13.2. The third kappa shape index (κ3) is 5.81. The lowest BCUT2D eigenvalue weighted by Gasteiger charge is -2.41. The van der Waals surface area contributed by atoms with Crippen molar-refractivity contribution in [1.82, 2.24) is 15.1 Å². The van der Waals surface area contributed by atoms with Crippen LogP contribution in [0, 0.1) is 5.92 Å². The molecule has 1 aliphatic carbocycles. The smallest absolute Gasteiger partial charge is 0.248 e. The van der Waals surface area contributed by atoms with Gasteiger partial charge in [0, 0.05) is 37.3 Å². The van der Waals surface area contributed by atoms with Gasteiger partial charge in [0.2, 0.25) is 11.8 Å². The number of fused-ring (bicyclic) bond motifs is 2. The molecule has 4 atom stereocenters. The van der Waals surface area contributed by atoms with Gasteiger partial charge in [-0.25, -0.2) is 0 Å². The maximum atomic E-state index is 13.2. The first-order valence-corrected chi connectivity index (χ1v) is 13.2. The number of amides is 2. The second kappa shape index (κ2) is 11.6. The van der Waals surface area contributed by atoms with Crippen molar-refractivity contribution in [3.05, 3.63) is 35.4 Å². The maximum Gasteiger partial charge on any atom is 0.248 e. The molecule has 4 rings (SSSR count). The van der Waals surface area contributed by atoms with Crippen molar-refractivity contribution in [2.75, 3.05) is 33.3 Å². The Morgan fingerprint density at radius 2 is 1.85 bits per heavy atom. The van der Waals surface area contributed by atoms with E-state index < -0.39 is 6.04 Å². The molecule has 1 aromatic carbocycles. The van der Waals surface area contributed by atoms with Crippen LogP contribution in [0.15, 0.2) is 24.3 Å². The minimum absolute atomic E-state index is 0.0288. The number of aliphatic hydroxyl groups is 1. The Morgan fingerprint density at radius 3 is 2.47 bits per heavy atom. The van der Waals surface area contributed by atoms with Crippen LogP contribution in [0.1, 0.15) is 79.6 Å². The number of carbonyl (C=O) groups excluding carboxylic acids is 2. The van der Waals surface area contributed by atoms with Gasteiger partial charge in [0.25, 0.3) is 0 Å². The minimum Gasteiger partial charge on any atom is -0.394 e. The lowest BCUT2D eigenvalue weighted by molar-refractivity contribution is -0.135. The van der Waals surface area contributed by atoms with Gasteiger partial charge in [-0.15, -0.1) is 0 Å². The van der Waals surface area contributed by atoms with E-state index in [4.69, 9.17) is 5.73 Å². The molecule has 0 aromatic heterocycles. The van der Waals surface area contributed by atoms with Crippen LogP contribution in [0.4, 0.5) is 0 Å². The molecule has 2 amide bonds. The van der Waals surface area contributed by atoms with Crippen LogP contribution in [0.25, 0.3) is 0 Å². The van der Waals surface area contributed by atoms with Gasteiger partial charge in [-0.3, -0.25) is 14.5 Å². The SMILES string of the molecule is CN[C@@H](CO)C(=O)N(CCN1[C@@H]2CC[C@H]1CC(c1cccc(C(N)=O)c1)C2)CC1CCCCC1. The quantitative estimate of drug-likeness (QED) is 0.488. The molecule has 2 heterocycles. The number of aliphatic hydroxyl groups excluding tert-OH is 1. The predicted molar refractivity (Wildman–Crippen MR) is 134 cm³/mol. The molecule has 0 spiro atoms. The number of hydrogen-bond donors (Lipinski definition) is 3. The number of benzene rings is 1. The van der Waals surface area contributed by atoms with Gasteiger partial charge in [0.05, 0.1) is 6.61 Å². The average molecular weight is 471 g/mol.